The smallest absolute Gasteiger partial charge is 0.153 e. The van der Waals surface area contributed by atoms with Gasteiger partial charge in [-0.15, -0.1) is 0 Å². The van der Waals surface area contributed by atoms with Crippen LogP contribution in [0.5, 0.6) is 5.75 Å². The summed E-state index contributed by atoms with van der Waals surface area (Å²) < 4.78 is 28.3. The minimum absolute atomic E-state index is 0.0496. The molecule has 100 valence electrons. The molecule has 1 atom stereocenters. The van der Waals surface area contributed by atoms with Crippen LogP contribution in [0.1, 0.15) is 23.1 Å². The van der Waals surface area contributed by atoms with Gasteiger partial charge in [0.1, 0.15) is 11.4 Å². The van der Waals surface area contributed by atoms with E-state index in [-0.39, 0.29) is 17.9 Å². The molecular formula is C13H18O4S. The molecule has 18 heavy (non-hydrogen) atoms. The lowest BCUT2D eigenvalue weighted by molar-refractivity contribution is 0.0645. The lowest BCUT2D eigenvalue weighted by Gasteiger charge is -2.24. The van der Waals surface area contributed by atoms with Crippen molar-refractivity contribution in [3.63, 3.8) is 0 Å². The van der Waals surface area contributed by atoms with Crippen molar-refractivity contribution in [1.82, 2.24) is 0 Å². The third kappa shape index (κ3) is 2.24. The average Bonchev–Trinajstić information content (AvgIpc) is 2.56. The first-order valence-electron chi connectivity index (χ1n) is 5.86. The number of benzene rings is 1. The summed E-state index contributed by atoms with van der Waals surface area (Å²) >= 11 is 0. The SMILES string of the molecule is COc1cc(C)c(C2(O)CCS(=O)(=O)C2)cc1C. The van der Waals surface area contributed by atoms with Gasteiger partial charge in [0.2, 0.25) is 0 Å². The number of hydrogen-bond acceptors (Lipinski definition) is 4. The highest BCUT2D eigenvalue weighted by Gasteiger charge is 2.42. The predicted molar refractivity (Wildman–Crippen MR) is 69.6 cm³/mol. The Morgan fingerprint density at radius 1 is 1.28 bits per heavy atom. The van der Waals surface area contributed by atoms with Gasteiger partial charge in [0.25, 0.3) is 0 Å². The van der Waals surface area contributed by atoms with E-state index >= 15 is 0 Å². The summed E-state index contributed by atoms with van der Waals surface area (Å²) in [5.41, 5.74) is 1.20. The molecule has 0 spiro atoms. The van der Waals surface area contributed by atoms with Gasteiger partial charge in [-0.2, -0.15) is 0 Å². The van der Waals surface area contributed by atoms with Gasteiger partial charge in [-0.25, -0.2) is 8.42 Å². The Morgan fingerprint density at radius 3 is 2.44 bits per heavy atom. The molecule has 1 aliphatic heterocycles. The first kappa shape index (κ1) is 13.4. The highest BCUT2D eigenvalue weighted by atomic mass is 32.2. The van der Waals surface area contributed by atoms with E-state index in [9.17, 15) is 13.5 Å². The second-order valence-electron chi connectivity index (χ2n) is 5.01. The van der Waals surface area contributed by atoms with Crippen molar-refractivity contribution in [2.75, 3.05) is 18.6 Å². The summed E-state index contributed by atoms with van der Waals surface area (Å²) in [6, 6.07) is 3.67. The van der Waals surface area contributed by atoms with Crippen LogP contribution in [-0.2, 0) is 15.4 Å². The lowest BCUT2D eigenvalue weighted by atomic mass is 9.88. The third-order valence-corrected chi connectivity index (χ3v) is 5.27. The maximum atomic E-state index is 11.6. The lowest BCUT2D eigenvalue weighted by Crippen LogP contribution is -2.28. The van der Waals surface area contributed by atoms with Gasteiger partial charge in [-0.05, 0) is 49.1 Å². The fourth-order valence-corrected chi connectivity index (χ4v) is 4.38. The molecule has 0 bridgehead atoms. The number of rotatable bonds is 2. The molecule has 1 heterocycles. The van der Waals surface area contributed by atoms with Crippen molar-refractivity contribution in [2.24, 2.45) is 0 Å². The summed E-state index contributed by atoms with van der Waals surface area (Å²) in [4.78, 5) is 0. The molecule has 0 amide bonds. The van der Waals surface area contributed by atoms with Gasteiger partial charge in [0.05, 0.1) is 18.6 Å². The van der Waals surface area contributed by atoms with E-state index in [1.54, 1.807) is 7.11 Å². The van der Waals surface area contributed by atoms with Crippen LogP contribution in [0, 0.1) is 13.8 Å². The first-order chi connectivity index (χ1) is 8.27. The molecule has 1 saturated heterocycles. The van der Waals surface area contributed by atoms with E-state index in [0.717, 1.165) is 16.9 Å². The van der Waals surface area contributed by atoms with Crippen LogP contribution in [0.2, 0.25) is 0 Å². The predicted octanol–water partition coefficient (Wildman–Crippen LogP) is 1.32. The van der Waals surface area contributed by atoms with Crippen molar-refractivity contribution < 1.29 is 18.3 Å². The quantitative estimate of drug-likeness (QED) is 0.880. The van der Waals surface area contributed by atoms with Crippen LogP contribution in [-0.4, -0.2) is 32.1 Å². The molecule has 2 rings (SSSR count). The second-order valence-corrected chi connectivity index (χ2v) is 7.19. The van der Waals surface area contributed by atoms with Gasteiger partial charge in [-0.3, -0.25) is 0 Å². The Labute approximate surface area is 108 Å². The summed E-state index contributed by atoms with van der Waals surface area (Å²) in [5, 5.41) is 10.5. The van der Waals surface area contributed by atoms with Gasteiger partial charge < -0.3 is 9.84 Å². The summed E-state index contributed by atoms with van der Waals surface area (Å²) in [6.45, 7) is 3.74. The molecule has 1 fully saturated rings. The highest BCUT2D eigenvalue weighted by Crippen LogP contribution is 2.37. The molecule has 1 unspecified atom stereocenters. The van der Waals surface area contributed by atoms with Gasteiger partial charge in [-0.1, -0.05) is 0 Å². The number of methoxy groups -OCH3 is 1. The van der Waals surface area contributed by atoms with Crippen LogP contribution < -0.4 is 4.74 Å². The highest BCUT2D eigenvalue weighted by molar-refractivity contribution is 7.91. The van der Waals surface area contributed by atoms with Crippen LogP contribution >= 0.6 is 0 Å². The summed E-state index contributed by atoms with van der Waals surface area (Å²) in [5.74, 6) is 0.612. The molecule has 1 aliphatic rings. The van der Waals surface area contributed by atoms with E-state index < -0.39 is 15.4 Å². The van der Waals surface area contributed by atoms with Crippen LogP contribution in [0.3, 0.4) is 0 Å². The normalized spacial score (nSPS) is 26.2. The van der Waals surface area contributed by atoms with E-state index in [0.29, 0.717) is 5.56 Å². The molecule has 4 nitrogen and oxygen atoms in total. The molecule has 5 heteroatoms. The Kier molecular flexibility index (Phi) is 3.15. The van der Waals surface area contributed by atoms with Crippen LogP contribution in [0.4, 0.5) is 0 Å². The number of sulfone groups is 1. The molecule has 0 aliphatic carbocycles. The maximum absolute atomic E-state index is 11.6. The summed E-state index contributed by atoms with van der Waals surface area (Å²) in [6.07, 6.45) is 0.266. The zero-order valence-corrected chi connectivity index (χ0v) is 11.7. The molecule has 1 aromatic rings. The van der Waals surface area contributed by atoms with Crippen LogP contribution in [0.15, 0.2) is 12.1 Å². The molecule has 0 saturated carbocycles. The van der Waals surface area contributed by atoms with Crippen molar-refractivity contribution in [3.05, 3.63) is 28.8 Å². The molecule has 1 N–H and O–H groups in total. The van der Waals surface area contributed by atoms with Crippen LogP contribution in [0.25, 0.3) is 0 Å². The fraction of sp³-hybridized carbons (Fsp3) is 0.538. The van der Waals surface area contributed by atoms with Crippen molar-refractivity contribution in [2.45, 2.75) is 25.9 Å². The number of hydrogen-bond donors (Lipinski definition) is 1. The van der Waals surface area contributed by atoms with Crippen molar-refractivity contribution in [1.29, 1.82) is 0 Å². The Hall–Kier alpha value is -1.07. The molecule has 0 radical (unpaired) electrons. The fourth-order valence-electron chi connectivity index (χ4n) is 2.56. The third-order valence-electron chi connectivity index (χ3n) is 3.53. The maximum Gasteiger partial charge on any atom is 0.153 e. The first-order valence-corrected chi connectivity index (χ1v) is 7.68. The van der Waals surface area contributed by atoms with E-state index in [1.165, 1.54) is 0 Å². The van der Waals surface area contributed by atoms with Gasteiger partial charge >= 0.3 is 0 Å². The van der Waals surface area contributed by atoms with E-state index in [2.05, 4.69) is 0 Å². The van der Waals surface area contributed by atoms with Crippen molar-refractivity contribution in [3.8, 4) is 5.75 Å². The monoisotopic (exact) mass is 270 g/mol. The topological polar surface area (TPSA) is 63.6 Å². The Bertz CT molecular complexity index is 577. The zero-order valence-electron chi connectivity index (χ0n) is 10.9. The van der Waals surface area contributed by atoms with Crippen molar-refractivity contribution >= 4 is 9.84 Å². The van der Waals surface area contributed by atoms with E-state index in [4.69, 9.17) is 4.74 Å². The molecule has 1 aromatic carbocycles. The second kappa shape index (κ2) is 4.24. The molecule has 0 aromatic heterocycles. The number of aliphatic hydroxyl groups is 1. The zero-order chi connectivity index (χ0) is 13.6. The Balaban J connectivity index is 2.49. The average molecular weight is 270 g/mol. The number of aryl methyl sites for hydroxylation is 2. The number of ether oxygens (including phenoxy) is 1. The van der Waals surface area contributed by atoms with Gasteiger partial charge in [0.15, 0.2) is 9.84 Å². The summed E-state index contributed by atoms with van der Waals surface area (Å²) in [7, 11) is -1.54. The standard InChI is InChI=1S/C13H18O4S/c1-9-7-12(17-3)10(2)6-11(9)13(14)4-5-18(15,16)8-13/h6-7,14H,4-5,8H2,1-3H3. The minimum Gasteiger partial charge on any atom is -0.496 e. The largest absolute Gasteiger partial charge is 0.496 e. The Morgan fingerprint density at radius 2 is 1.94 bits per heavy atom. The van der Waals surface area contributed by atoms with Gasteiger partial charge in [0, 0.05) is 0 Å². The van der Waals surface area contributed by atoms with E-state index in [1.807, 2.05) is 26.0 Å². The molecular weight excluding hydrogens is 252 g/mol. The minimum atomic E-state index is -3.13.